The van der Waals surface area contributed by atoms with Crippen molar-refractivity contribution in [1.82, 2.24) is 5.43 Å². The molecule has 0 aliphatic rings. The Hall–Kier alpha value is -2.70. The average molecular weight is 423 g/mol. The van der Waals surface area contributed by atoms with Crippen molar-refractivity contribution < 1.29 is 19.4 Å². The van der Waals surface area contributed by atoms with Gasteiger partial charge in [0.2, 0.25) is 0 Å². The van der Waals surface area contributed by atoms with Crippen molar-refractivity contribution in [2.24, 2.45) is 5.10 Å². The van der Waals surface area contributed by atoms with Crippen LogP contribution in [0.5, 0.6) is 17.2 Å². The van der Waals surface area contributed by atoms with E-state index in [1.165, 1.54) is 12.3 Å². The summed E-state index contributed by atoms with van der Waals surface area (Å²) in [7, 11) is 0. The minimum Gasteiger partial charge on any atom is -0.504 e. The molecule has 0 heterocycles. The molecule has 0 unspecified atom stereocenters. The van der Waals surface area contributed by atoms with Gasteiger partial charge in [0.25, 0.3) is 5.91 Å². The number of rotatable bonds is 9. The van der Waals surface area contributed by atoms with Crippen molar-refractivity contribution in [2.75, 3.05) is 13.2 Å². The molecule has 28 heavy (non-hydrogen) atoms. The topological polar surface area (TPSA) is 80.2 Å². The van der Waals surface area contributed by atoms with Crippen LogP contribution in [0.15, 0.2) is 48.1 Å². The van der Waals surface area contributed by atoms with Crippen LogP contribution in [0, 0.1) is 0 Å². The Morgan fingerprint density at radius 2 is 2.04 bits per heavy atom. The van der Waals surface area contributed by atoms with Crippen molar-refractivity contribution >= 4 is 35.3 Å². The molecule has 0 radical (unpaired) electrons. The van der Waals surface area contributed by atoms with Gasteiger partial charge in [-0.15, -0.1) is 6.58 Å². The Balaban J connectivity index is 1.99. The van der Waals surface area contributed by atoms with Crippen molar-refractivity contribution in [3.8, 4) is 17.2 Å². The number of carbonyl (C=O) groups is 1. The van der Waals surface area contributed by atoms with Gasteiger partial charge >= 0.3 is 0 Å². The van der Waals surface area contributed by atoms with Crippen LogP contribution >= 0.6 is 23.2 Å². The standard InChI is InChI=1S/C20H20Cl2N2O4/c1-3-5-14-8-13(9-18(20(14)26)27-4-2)11-23-24-19(25)12-28-17-7-6-15(21)10-16(17)22/h3,6-11,26H,1,4-5,12H2,2H3,(H,24,25)/b23-11+. The van der Waals surface area contributed by atoms with Gasteiger partial charge in [0.05, 0.1) is 17.8 Å². The third kappa shape index (κ3) is 6.18. The summed E-state index contributed by atoms with van der Waals surface area (Å²) < 4.78 is 10.8. The number of nitrogens with one attached hydrogen (secondary N) is 1. The molecule has 2 rings (SSSR count). The van der Waals surface area contributed by atoms with E-state index in [4.69, 9.17) is 32.7 Å². The molecule has 0 atom stereocenters. The fourth-order valence-electron chi connectivity index (χ4n) is 2.29. The van der Waals surface area contributed by atoms with Crippen LogP contribution in [0.25, 0.3) is 0 Å². The molecule has 0 bridgehead atoms. The lowest BCUT2D eigenvalue weighted by atomic mass is 10.1. The van der Waals surface area contributed by atoms with E-state index in [9.17, 15) is 9.90 Å². The zero-order valence-corrected chi connectivity index (χ0v) is 16.8. The van der Waals surface area contributed by atoms with E-state index < -0.39 is 5.91 Å². The first-order valence-corrected chi connectivity index (χ1v) is 9.19. The molecule has 0 aliphatic carbocycles. The molecule has 1 amide bonds. The quantitative estimate of drug-likeness (QED) is 0.357. The molecule has 0 saturated carbocycles. The van der Waals surface area contributed by atoms with Crippen LogP contribution < -0.4 is 14.9 Å². The number of hydrazone groups is 1. The molecule has 0 saturated heterocycles. The number of hydrogen-bond donors (Lipinski definition) is 2. The van der Waals surface area contributed by atoms with Gasteiger partial charge in [-0.05, 0) is 49.2 Å². The highest BCUT2D eigenvalue weighted by molar-refractivity contribution is 6.35. The number of allylic oxidation sites excluding steroid dienone is 1. The van der Waals surface area contributed by atoms with Crippen LogP contribution in [-0.2, 0) is 11.2 Å². The number of benzene rings is 2. The molecule has 2 aromatic carbocycles. The lowest BCUT2D eigenvalue weighted by Crippen LogP contribution is -2.24. The minimum absolute atomic E-state index is 0.0659. The Kier molecular flexibility index (Phi) is 8.17. The average Bonchev–Trinajstić information content (AvgIpc) is 2.65. The molecular weight excluding hydrogens is 403 g/mol. The summed E-state index contributed by atoms with van der Waals surface area (Å²) in [6, 6.07) is 8.08. The monoisotopic (exact) mass is 422 g/mol. The van der Waals surface area contributed by atoms with Gasteiger partial charge in [0.15, 0.2) is 18.1 Å². The minimum atomic E-state index is -0.461. The van der Waals surface area contributed by atoms with E-state index in [-0.39, 0.29) is 12.4 Å². The van der Waals surface area contributed by atoms with Gasteiger partial charge in [0.1, 0.15) is 5.75 Å². The van der Waals surface area contributed by atoms with Crippen molar-refractivity contribution in [3.63, 3.8) is 0 Å². The largest absolute Gasteiger partial charge is 0.504 e. The number of nitrogens with zero attached hydrogens (tertiary/aromatic N) is 1. The van der Waals surface area contributed by atoms with Crippen LogP contribution in [0.3, 0.4) is 0 Å². The molecule has 2 aromatic rings. The Labute approximate surface area is 173 Å². The SMILES string of the molecule is C=CCc1cc(/C=N/NC(=O)COc2ccc(Cl)cc2Cl)cc(OCC)c1O. The Morgan fingerprint density at radius 1 is 1.25 bits per heavy atom. The van der Waals surface area contributed by atoms with Gasteiger partial charge in [-0.1, -0.05) is 29.3 Å². The second kappa shape index (κ2) is 10.6. The smallest absolute Gasteiger partial charge is 0.277 e. The molecular formula is C20H20Cl2N2O4. The second-order valence-corrected chi connectivity index (χ2v) is 6.45. The number of phenolic OH excluding ortho intramolecular Hbond substituents is 1. The van der Waals surface area contributed by atoms with Gasteiger partial charge in [-0.2, -0.15) is 5.10 Å². The third-order valence-corrected chi connectivity index (χ3v) is 4.03. The lowest BCUT2D eigenvalue weighted by Gasteiger charge is -2.11. The normalized spacial score (nSPS) is 10.7. The first kappa shape index (κ1) is 21.6. The Bertz CT molecular complexity index is 885. The second-order valence-electron chi connectivity index (χ2n) is 5.61. The van der Waals surface area contributed by atoms with E-state index in [0.29, 0.717) is 45.7 Å². The lowest BCUT2D eigenvalue weighted by molar-refractivity contribution is -0.123. The van der Waals surface area contributed by atoms with Crippen molar-refractivity contribution in [3.05, 3.63) is 64.2 Å². The van der Waals surface area contributed by atoms with E-state index in [0.717, 1.165) is 0 Å². The van der Waals surface area contributed by atoms with E-state index in [2.05, 4.69) is 17.1 Å². The van der Waals surface area contributed by atoms with Crippen LogP contribution in [0.2, 0.25) is 10.0 Å². The van der Waals surface area contributed by atoms with Gasteiger partial charge < -0.3 is 14.6 Å². The van der Waals surface area contributed by atoms with Crippen LogP contribution in [0.4, 0.5) is 0 Å². The van der Waals surface area contributed by atoms with Crippen molar-refractivity contribution in [1.29, 1.82) is 0 Å². The highest BCUT2D eigenvalue weighted by Crippen LogP contribution is 2.32. The van der Waals surface area contributed by atoms with Gasteiger partial charge in [-0.3, -0.25) is 4.79 Å². The predicted octanol–water partition coefficient (Wildman–Crippen LogP) is 4.36. The van der Waals surface area contributed by atoms with E-state index in [1.54, 1.807) is 30.3 Å². The molecule has 0 fully saturated rings. The van der Waals surface area contributed by atoms with Gasteiger partial charge in [0, 0.05) is 10.6 Å². The fraction of sp³-hybridized carbons (Fsp3) is 0.200. The summed E-state index contributed by atoms with van der Waals surface area (Å²) in [5, 5.41) is 14.9. The fourth-order valence-corrected chi connectivity index (χ4v) is 2.75. The van der Waals surface area contributed by atoms with Crippen molar-refractivity contribution in [2.45, 2.75) is 13.3 Å². The number of amides is 1. The number of halogens is 2. The summed E-state index contributed by atoms with van der Waals surface area (Å²) in [6.07, 6.45) is 3.59. The third-order valence-electron chi connectivity index (χ3n) is 3.50. The zero-order valence-electron chi connectivity index (χ0n) is 15.2. The number of ether oxygens (including phenoxy) is 2. The molecule has 148 valence electrons. The number of phenols is 1. The first-order valence-electron chi connectivity index (χ1n) is 8.44. The van der Waals surface area contributed by atoms with Crippen LogP contribution in [-0.4, -0.2) is 30.4 Å². The molecule has 0 aliphatic heterocycles. The summed E-state index contributed by atoms with van der Waals surface area (Å²) >= 11 is 11.8. The highest BCUT2D eigenvalue weighted by atomic mass is 35.5. The molecule has 8 heteroatoms. The maximum Gasteiger partial charge on any atom is 0.277 e. The maximum absolute atomic E-state index is 11.9. The summed E-state index contributed by atoms with van der Waals surface area (Å²) in [4.78, 5) is 11.9. The number of carbonyl (C=O) groups excluding carboxylic acids is 1. The molecule has 6 nitrogen and oxygen atoms in total. The highest BCUT2D eigenvalue weighted by Gasteiger charge is 2.10. The molecule has 0 spiro atoms. The summed E-state index contributed by atoms with van der Waals surface area (Å²) in [5.74, 6) is 0.295. The molecule has 2 N–H and O–H groups in total. The zero-order chi connectivity index (χ0) is 20.5. The van der Waals surface area contributed by atoms with Crippen LogP contribution in [0.1, 0.15) is 18.1 Å². The Morgan fingerprint density at radius 3 is 2.71 bits per heavy atom. The number of aromatic hydroxyl groups is 1. The number of hydrogen-bond acceptors (Lipinski definition) is 5. The first-order chi connectivity index (χ1) is 13.4. The van der Waals surface area contributed by atoms with E-state index >= 15 is 0 Å². The molecule has 0 aromatic heterocycles. The van der Waals surface area contributed by atoms with E-state index in [1.807, 2.05) is 6.92 Å². The maximum atomic E-state index is 11.9. The summed E-state index contributed by atoms with van der Waals surface area (Å²) in [6.45, 7) is 5.63. The predicted molar refractivity (Wildman–Crippen MR) is 111 cm³/mol. The summed E-state index contributed by atoms with van der Waals surface area (Å²) in [5.41, 5.74) is 3.66. The van der Waals surface area contributed by atoms with Gasteiger partial charge in [-0.25, -0.2) is 5.43 Å².